The SMILES string of the molecule is CN=C(NCCCNS(C)(=O)=O)N1CCN(c2cnn(C)c2)C(=O)C1. The molecule has 11 heteroatoms. The molecule has 1 saturated heterocycles. The Hall–Kier alpha value is -2.14. The van der Waals surface area contributed by atoms with Crippen molar-refractivity contribution in [3.05, 3.63) is 12.4 Å². The third-order valence-electron chi connectivity index (χ3n) is 3.74. The molecule has 0 aliphatic carbocycles. The van der Waals surface area contributed by atoms with E-state index in [2.05, 4.69) is 20.1 Å². The molecule has 1 fully saturated rings. The number of hydrogen-bond acceptors (Lipinski definition) is 5. The van der Waals surface area contributed by atoms with Crippen molar-refractivity contribution in [2.45, 2.75) is 6.42 Å². The first-order chi connectivity index (χ1) is 11.8. The number of aliphatic imine (C=N–C) groups is 1. The van der Waals surface area contributed by atoms with Crippen LogP contribution in [0.1, 0.15) is 6.42 Å². The summed E-state index contributed by atoms with van der Waals surface area (Å²) in [5, 5.41) is 7.25. The Morgan fingerprint density at radius 2 is 2.12 bits per heavy atom. The van der Waals surface area contributed by atoms with Crippen molar-refractivity contribution >= 4 is 27.6 Å². The van der Waals surface area contributed by atoms with E-state index in [1.165, 1.54) is 0 Å². The van der Waals surface area contributed by atoms with Gasteiger partial charge in [0.1, 0.15) is 6.54 Å². The van der Waals surface area contributed by atoms with Crippen LogP contribution in [0.5, 0.6) is 0 Å². The van der Waals surface area contributed by atoms with Crippen LogP contribution < -0.4 is 14.9 Å². The minimum atomic E-state index is -3.16. The third kappa shape index (κ3) is 5.71. The van der Waals surface area contributed by atoms with E-state index in [0.717, 1.165) is 11.9 Å². The topological polar surface area (TPSA) is 112 Å². The monoisotopic (exact) mass is 371 g/mol. The molecule has 0 spiro atoms. The smallest absolute Gasteiger partial charge is 0.246 e. The maximum absolute atomic E-state index is 12.4. The van der Waals surface area contributed by atoms with Gasteiger partial charge in [0.25, 0.3) is 0 Å². The lowest BCUT2D eigenvalue weighted by Crippen LogP contribution is -2.55. The van der Waals surface area contributed by atoms with E-state index in [0.29, 0.717) is 38.6 Å². The molecule has 1 aromatic rings. The molecule has 0 saturated carbocycles. The number of nitrogens with one attached hydrogen (secondary N) is 2. The molecule has 0 atom stereocenters. The van der Waals surface area contributed by atoms with Crippen LogP contribution >= 0.6 is 0 Å². The lowest BCUT2D eigenvalue weighted by atomic mass is 10.3. The zero-order valence-electron chi connectivity index (χ0n) is 14.8. The number of anilines is 1. The molecule has 0 aromatic carbocycles. The van der Waals surface area contributed by atoms with Crippen molar-refractivity contribution in [1.29, 1.82) is 0 Å². The van der Waals surface area contributed by atoms with E-state index in [9.17, 15) is 13.2 Å². The van der Waals surface area contributed by atoms with Crippen LogP contribution in [0.2, 0.25) is 0 Å². The van der Waals surface area contributed by atoms with Gasteiger partial charge in [0.05, 0.1) is 18.1 Å². The van der Waals surface area contributed by atoms with Crippen LogP contribution in [0.4, 0.5) is 5.69 Å². The number of hydrogen-bond donors (Lipinski definition) is 2. The number of aromatic nitrogens is 2. The fraction of sp³-hybridized carbons (Fsp3) is 0.643. The quantitative estimate of drug-likeness (QED) is 0.361. The summed E-state index contributed by atoms with van der Waals surface area (Å²) < 4.78 is 26.1. The number of rotatable bonds is 6. The molecular weight excluding hydrogens is 346 g/mol. The Morgan fingerprint density at radius 1 is 1.36 bits per heavy atom. The molecule has 1 aliphatic rings. The molecule has 0 bridgehead atoms. The van der Waals surface area contributed by atoms with Crippen LogP contribution in [-0.2, 0) is 21.9 Å². The summed E-state index contributed by atoms with van der Waals surface area (Å²) in [6, 6.07) is 0. The van der Waals surface area contributed by atoms with Gasteiger partial charge >= 0.3 is 0 Å². The van der Waals surface area contributed by atoms with E-state index >= 15 is 0 Å². The largest absolute Gasteiger partial charge is 0.356 e. The highest BCUT2D eigenvalue weighted by molar-refractivity contribution is 7.88. The van der Waals surface area contributed by atoms with Gasteiger partial charge in [0, 0.05) is 46.5 Å². The predicted octanol–water partition coefficient (Wildman–Crippen LogP) is -1.42. The summed E-state index contributed by atoms with van der Waals surface area (Å²) in [6.45, 7) is 2.36. The van der Waals surface area contributed by atoms with E-state index in [4.69, 9.17) is 0 Å². The standard InChI is InChI=1S/C14H25N7O3S/c1-15-14(16-5-4-6-18-25(3,23)24)20-7-8-21(13(22)11-20)12-9-17-19(2)10-12/h9-10,18H,4-8,11H2,1-3H3,(H,15,16). The fourth-order valence-corrected chi connectivity index (χ4v) is 3.07. The number of sulfonamides is 1. The van der Waals surface area contributed by atoms with Crippen molar-refractivity contribution in [2.75, 3.05) is 50.9 Å². The zero-order chi connectivity index (χ0) is 18.4. The van der Waals surface area contributed by atoms with Crippen molar-refractivity contribution in [1.82, 2.24) is 24.7 Å². The van der Waals surface area contributed by atoms with Gasteiger partial charge in [-0.3, -0.25) is 14.5 Å². The summed E-state index contributed by atoms with van der Waals surface area (Å²) >= 11 is 0. The second-order valence-corrected chi connectivity index (χ2v) is 7.67. The summed E-state index contributed by atoms with van der Waals surface area (Å²) in [7, 11) is 0.311. The lowest BCUT2D eigenvalue weighted by Gasteiger charge is -2.35. The Labute approximate surface area is 147 Å². The Kier molecular flexibility index (Phi) is 6.37. The Morgan fingerprint density at radius 3 is 2.68 bits per heavy atom. The Balaban J connectivity index is 1.81. The molecule has 140 valence electrons. The summed E-state index contributed by atoms with van der Waals surface area (Å²) in [5.41, 5.74) is 0.793. The molecule has 2 heterocycles. The van der Waals surface area contributed by atoms with Gasteiger partial charge in [-0.1, -0.05) is 0 Å². The maximum atomic E-state index is 12.4. The maximum Gasteiger partial charge on any atom is 0.246 e. The highest BCUT2D eigenvalue weighted by atomic mass is 32.2. The molecule has 0 unspecified atom stereocenters. The van der Waals surface area contributed by atoms with E-state index in [1.54, 1.807) is 22.8 Å². The fourth-order valence-electron chi connectivity index (χ4n) is 2.55. The highest BCUT2D eigenvalue weighted by Gasteiger charge is 2.27. The number of aryl methyl sites for hydroxylation is 1. The van der Waals surface area contributed by atoms with Gasteiger partial charge in [-0.25, -0.2) is 13.1 Å². The predicted molar refractivity (Wildman–Crippen MR) is 96.0 cm³/mol. The summed E-state index contributed by atoms with van der Waals surface area (Å²) in [6.07, 6.45) is 5.24. The average molecular weight is 371 g/mol. The highest BCUT2D eigenvalue weighted by Crippen LogP contribution is 2.15. The van der Waals surface area contributed by atoms with Gasteiger partial charge in [0.2, 0.25) is 15.9 Å². The summed E-state index contributed by atoms with van der Waals surface area (Å²) in [4.78, 5) is 20.2. The second-order valence-electron chi connectivity index (χ2n) is 5.83. The van der Waals surface area contributed by atoms with Crippen LogP contribution in [0.3, 0.4) is 0 Å². The average Bonchev–Trinajstić information content (AvgIpc) is 2.96. The first-order valence-corrected chi connectivity index (χ1v) is 9.88. The van der Waals surface area contributed by atoms with E-state index < -0.39 is 10.0 Å². The number of carbonyl (C=O) groups excluding carboxylic acids is 1. The van der Waals surface area contributed by atoms with Gasteiger partial charge in [-0.05, 0) is 6.42 Å². The molecule has 25 heavy (non-hydrogen) atoms. The zero-order valence-corrected chi connectivity index (χ0v) is 15.6. The molecule has 2 N–H and O–H groups in total. The minimum Gasteiger partial charge on any atom is -0.356 e. The lowest BCUT2D eigenvalue weighted by molar-refractivity contribution is -0.120. The third-order valence-corrected chi connectivity index (χ3v) is 4.46. The molecule has 1 amide bonds. The van der Waals surface area contributed by atoms with Crippen molar-refractivity contribution in [2.24, 2.45) is 12.0 Å². The normalized spacial score (nSPS) is 16.4. The van der Waals surface area contributed by atoms with Gasteiger partial charge < -0.3 is 15.1 Å². The minimum absolute atomic E-state index is 0.0130. The number of carbonyl (C=O) groups is 1. The number of piperazine rings is 1. The van der Waals surface area contributed by atoms with Crippen LogP contribution in [0.15, 0.2) is 17.4 Å². The van der Waals surface area contributed by atoms with Crippen molar-refractivity contribution in [3.8, 4) is 0 Å². The Bertz CT molecular complexity index is 729. The number of guanidine groups is 1. The number of amides is 1. The van der Waals surface area contributed by atoms with Crippen molar-refractivity contribution in [3.63, 3.8) is 0 Å². The molecule has 2 rings (SSSR count). The van der Waals surface area contributed by atoms with Gasteiger partial charge in [-0.15, -0.1) is 0 Å². The molecule has 10 nitrogen and oxygen atoms in total. The molecule has 1 aliphatic heterocycles. The number of nitrogens with zero attached hydrogens (tertiary/aromatic N) is 5. The first-order valence-electron chi connectivity index (χ1n) is 7.99. The van der Waals surface area contributed by atoms with Crippen LogP contribution in [0, 0.1) is 0 Å². The second kappa shape index (κ2) is 8.30. The van der Waals surface area contributed by atoms with Gasteiger partial charge in [0.15, 0.2) is 5.96 Å². The van der Waals surface area contributed by atoms with Gasteiger partial charge in [-0.2, -0.15) is 5.10 Å². The van der Waals surface area contributed by atoms with Crippen LogP contribution in [0.25, 0.3) is 0 Å². The molecule has 1 aromatic heterocycles. The van der Waals surface area contributed by atoms with Crippen LogP contribution in [-0.4, -0.2) is 81.0 Å². The van der Waals surface area contributed by atoms with E-state index in [-0.39, 0.29) is 12.5 Å². The van der Waals surface area contributed by atoms with Crippen molar-refractivity contribution < 1.29 is 13.2 Å². The molecule has 0 radical (unpaired) electrons. The van der Waals surface area contributed by atoms with E-state index in [1.807, 2.05) is 18.1 Å². The first kappa shape index (κ1) is 19.2. The molecular formula is C14H25N7O3S. The summed E-state index contributed by atoms with van der Waals surface area (Å²) in [5.74, 6) is 0.625.